The first-order valence-corrected chi connectivity index (χ1v) is 4.87. The molecule has 0 aliphatic carbocycles. The summed E-state index contributed by atoms with van der Waals surface area (Å²) in [5.74, 6) is -0.175. The van der Waals surface area contributed by atoms with Crippen LogP contribution in [0.4, 0.5) is 13.2 Å². The van der Waals surface area contributed by atoms with Crippen molar-refractivity contribution in [2.24, 2.45) is 0 Å². The van der Waals surface area contributed by atoms with E-state index in [0.29, 0.717) is 10.3 Å². The van der Waals surface area contributed by atoms with Crippen molar-refractivity contribution >= 4 is 21.4 Å². The molecule has 0 N–H and O–H groups in total. The Labute approximate surface area is 88.1 Å². The van der Waals surface area contributed by atoms with E-state index in [9.17, 15) is 13.2 Å². The van der Waals surface area contributed by atoms with Gasteiger partial charge >= 0.3 is 6.36 Å². The second-order valence-electron chi connectivity index (χ2n) is 2.93. The Kier molecular flexibility index (Phi) is 2.34. The molecule has 0 atom stereocenters. The Balaban J connectivity index is 2.51. The van der Waals surface area contributed by atoms with Crippen LogP contribution in [0.25, 0.3) is 10.1 Å². The third kappa shape index (κ3) is 2.23. The van der Waals surface area contributed by atoms with Crippen LogP contribution in [0.3, 0.4) is 0 Å². The summed E-state index contributed by atoms with van der Waals surface area (Å²) >= 11 is 1.33. The molecular weight excluding hydrogens is 225 g/mol. The maximum Gasteiger partial charge on any atom is 0.573 e. The monoisotopic (exact) mass is 231 g/mol. The Morgan fingerprint density at radius 3 is 2.67 bits per heavy atom. The molecule has 0 bridgehead atoms. The van der Waals surface area contributed by atoms with Crippen molar-refractivity contribution in [3.63, 3.8) is 0 Å². The smallest absolute Gasteiger partial charge is 0.405 e. The Morgan fingerprint density at radius 1 is 1.27 bits per heavy atom. The van der Waals surface area contributed by atoms with Crippen LogP contribution >= 0.6 is 11.3 Å². The summed E-state index contributed by atoms with van der Waals surface area (Å²) in [4.78, 5) is 0.711. The van der Waals surface area contributed by atoms with Crippen LogP contribution in [0, 0.1) is 6.92 Å². The standard InChI is InChI=1S/C10H6F3OS/c1-6-5-7-8(14-10(11,12)13)3-2-4-9(7)15-6/h2-5H,1H2. The van der Waals surface area contributed by atoms with Crippen LogP contribution in [0.15, 0.2) is 24.3 Å². The molecule has 1 heterocycles. The zero-order valence-corrected chi connectivity index (χ0v) is 8.28. The summed E-state index contributed by atoms with van der Waals surface area (Å²) in [6.07, 6.45) is -4.66. The number of hydrogen-bond acceptors (Lipinski definition) is 2. The van der Waals surface area contributed by atoms with Gasteiger partial charge in [0, 0.05) is 15.0 Å². The molecule has 15 heavy (non-hydrogen) atoms. The maximum absolute atomic E-state index is 12.0. The second-order valence-corrected chi connectivity index (χ2v) is 4.10. The SMILES string of the molecule is [CH2]c1cc2c(OC(F)(F)F)cccc2s1. The van der Waals surface area contributed by atoms with Crippen molar-refractivity contribution in [2.75, 3.05) is 0 Å². The quantitative estimate of drug-likeness (QED) is 0.721. The molecule has 1 radical (unpaired) electrons. The summed E-state index contributed by atoms with van der Waals surface area (Å²) in [6, 6.07) is 6.14. The van der Waals surface area contributed by atoms with Crippen LogP contribution in [-0.4, -0.2) is 6.36 Å². The Morgan fingerprint density at radius 2 is 2.00 bits per heavy atom. The van der Waals surface area contributed by atoms with Crippen molar-refractivity contribution < 1.29 is 17.9 Å². The van der Waals surface area contributed by atoms with Crippen LogP contribution in [-0.2, 0) is 0 Å². The first-order chi connectivity index (χ1) is 6.96. The average molecular weight is 231 g/mol. The highest BCUT2D eigenvalue weighted by molar-refractivity contribution is 7.19. The van der Waals surface area contributed by atoms with Gasteiger partial charge in [-0.15, -0.1) is 24.5 Å². The van der Waals surface area contributed by atoms with Gasteiger partial charge in [0.05, 0.1) is 0 Å². The largest absolute Gasteiger partial charge is 0.573 e. The van der Waals surface area contributed by atoms with Crippen molar-refractivity contribution in [3.8, 4) is 5.75 Å². The molecular formula is C10H6F3OS. The van der Waals surface area contributed by atoms with E-state index in [1.165, 1.54) is 23.5 Å². The number of halogens is 3. The minimum atomic E-state index is -4.66. The van der Waals surface area contributed by atoms with E-state index in [0.717, 1.165) is 4.70 Å². The first-order valence-electron chi connectivity index (χ1n) is 4.06. The predicted octanol–water partition coefficient (Wildman–Crippen LogP) is 3.98. The summed E-state index contributed by atoms with van der Waals surface area (Å²) in [7, 11) is 0. The number of fused-ring (bicyclic) bond motifs is 1. The van der Waals surface area contributed by atoms with Crippen molar-refractivity contribution in [3.05, 3.63) is 36.1 Å². The lowest BCUT2D eigenvalue weighted by molar-refractivity contribution is -0.274. The topological polar surface area (TPSA) is 9.23 Å². The molecule has 79 valence electrons. The lowest BCUT2D eigenvalue weighted by Crippen LogP contribution is -2.17. The van der Waals surface area contributed by atoms with Crippen molar-refractivity contribution in [2.45, 2.75) is 6.36 Å². The molecule has 0 spiro atoms. The number of ether oxygens (including phenoxy) is 1. The maximum atomic E-state index is 12.0. The highest BCUT2D eigenvalue weighted by atomic mass is 32.1. The zero-order valence-electron chi connectivity index (χ0n) is 7.47. The Bertz CT molecular complexity index is 487. The summed E-state index contributed by atoms with van der Waals surface area (Å²) < 4.78 is 40.8. The van der Waals surface area contributed by atoms with E-state index >= 15 is 0 Å². The summed E-state index contributed by atoms with van der Waals surface area (Å²) in [5, 5.41) is 0.449. The van der Waals surface area contributed by atoms with Crippen LogP contribution in [0.1, 0.15) is 4.88 Å². The minimum Gasteiger partial charge on any atom is -0.405 e. The van der Waals surface area contributed by atoms with E-state index in [1.807, 2.05) is 0 Å². The van der Waals surface area contributed by atoms with Crippen LogP contribution < -0.4 is 4.74 Å². The van der Waals surface area contributed by atoms with Gasteiger partial charge in [0.1, 0.15) is 5.75 Å². The molecule has 0 amide bonds. The molecule has 0 fully saturated rings. The number of hydrogen-bond donors (Lipinski definition) is 0. The summed E-state index contributed by atoms with van der Waals surface area (Å²) in [6.45, 7) is 3.68. The summed E-state index contributed by atoms with van der Waals surface area (Å²) in [5.41, 5.74) is 0. The van der Waals surface area contributed by atoms with Crippen LogP contribution in [0.2, 0.25) is 0 Å². The number of benzene rings is 1. The fraction of sp³-hybridized carbons (Fsp3) is 0.100. The molecule has 0 saturated carbocycles. The van der Waals surface area contributed by atoms with Crippen LogP contribution in [0.5, 0.6) is 5.75 Å². The number of alkyl halides is 3. The zero-order chi connectivity index (χ0) is 11.1. The van der Waals surface area contributed by atoms with Gasteiger partial charge < -0.3 is 4.74 Å². The fourth-order valence-corrected chi connectivity index (χ4v) is 2.18. The van der Waals surface area contributed by atoms with Gasteiger partial charge in [-0.3, -0.25) is 0 Å². The van der Waals surface area contributed by atoms with Gasteiger partial charge in [-0.25, -0.2) is 0 Å². The molecule has 2 rings (SSSR count). The van der Waals surface area contributed by atoms with E-state index < -0.39 is 6.36 Å². The third-order valence-electron chi connectivity index (χ3n) is 1.80. The van der Waals surface area contributed by atoms with Crippen molar-refractivity contribution in [1.82, 2.24) is 0 Å². The van der Waals surface area contributed by atoms with E-state index in [-0.39, 0.29) is 5.75 Å². The predicted molar refractivity (Wildman–Crippen MR) is 53.0 cm³/mol. The highest BCUT2D eigenvalue weighted by Crippen LogP contribution is 2.34. The van der Waals surface area contributed by atoms with Gasteiger partial charge in [0.25, 0.3) is 0 Å². The highest BCUT2D eigenvalue weighted by Gasteiger charge is 2.31. The molecule has 2 aromatic rings. The Hall–Kier alpha value is -1.23. The second kappa shape index (κ2) is 3.41. The molecule has 0 aliphatic rings. The number of thiophene rings is 1. The van der Waals surface area contributed by atoms with Gasteiger partial charge in [-0.1, -0.05) is 6.07 Å². The van der Waals surface area contributed by atoms with E-state index in [4.69, 9.17) is 0 Å². The van der Waals surface area contributed by atoms with Crippen molar-refractivity contribution in [1.29, 1.82) is 0 Å². The van der Waals surface area contributed by atoms with E-state index in [2.05, 4.69) is 11.7 Å². The van der Waals surface area contributed by atoms with Gasteiger partial charge in [0.15, 0.2) is 0 Å². The van der Waals surface area contributed by atoms with Gasteiger partial charge in [0.2, 0.25) is 0 Å². The lowest BCUT2D eigenvalue weighted by Gasteiger charge is -2.09. The molecule has 1 nitrogen and oxygen atoms in total. The molecule has 0 unspecified atom stereocenters. The molecule has 1 aromatic carbocycles. The molecule has 0 aliphatic heterocycles. The fourth-order valence-electron chi connectivity index (χ4n) is 1.30. The molecule has 0 saturated heterocycles. The lowest BCUT2D eigenvalue weighted by atomic mass is 10.2. The number of rotatable bonds is 1. The molecule has 5 heteroatoms. The molecule has 1 aromatic heterocycles. The van der Waals surface area contributed by atoms with Gasteiger partial charge in [-0.05, 0) is 25.1 Å². The average Bonchev–Trinajstić information content (AvgIpc) is 2.43. The third-order valence-corrected chi connectivity index (χ3v) is 2.75. The first kappa shape index (κ1) is 10.3. The minimum absolute atomic E-state index is 0.175. The van der Waals surface area contributed by atoms with Gasteiger partial charge in [-0.2, -0.15) is 0 Å². The van der Waals surface area contributed by atoms with E-state index in [1.54, 1.807) is 12.1 Å². The normalized spacial score (nSPS) is 12.0.